The van der Waals surface area contributed by atoms with Gasteiger partial charge in [-0.05, 0) is 68.8 Å². The molecule has 2 atom stereocenters. The molecule has 30 heavy (non-hydrogen) atoms. The maximum atomic E-state index is 13.0. The van der Waals surface area contributed by atoms with Crippen molar-refractivity contribution in [2.24, 2.45) is 0 Å². The van der Waals surface area contributed by atoms with Gasteiger partial charge >= 0.3 is 0 Å². The van der Waals surface area contributed by atoms with Gasteiger partial charge in [0.15, 0.2) is 21.7 Å². The summed E-state index contributed by atoms with van der Waals surface area (Å²) >= 11 is 0. The first-order valence-corrected chi connectivity index (χ1v) is 11.6. The van der Waals surface area contributed by atoms with Crippen LogP contribution in [0.2, 0.25) is 0 Å². The number of carbonyl (C=O) groups is 2. The molecular formula is C22H24FNO5S. The molecule has 0 N–H and O–H groups in total. The van der Waals surface area contributed by atoms with E-state index < -0.39 is 21.8 Å². The fraction of sp³-hybridized carbons (Fsp3) is 0.364. The number of sulfone groups is 1. The Morgan fingerprint density at radius 2 is 1.67 bits per heavy atom. The van der Waals surface area contributed by atoms with Crippen LogP contribution in [0.3, 0.4) is 0 Å². The Balaban J connectivity index is 1.64. The molecular weight excluding hydrogens is 409 g/mol. The molecule has 0 spiro atoms. The van der Waals surface area contributed by atoms with Gasteiger partial charge in [-0.2, -0.15) is 0 Å². The summed E-state index contributed by atoms with van der Waals surface area (Å²) < 4.78 is 42.2. The highest BCUT2D eigenvalue weighted by molar-refractivity contribution is 7.91. The van der Waals surface area contributed by atoms with Gasteiger partial charge in [0.05, 0.1) is 11.5 Å². The third kappa shape index (κ3) is 5.05. The number of hydrogen-bond donors (Lipinski definition) is 0. The highest BCUT2D eigenvalue weighted by Gasteiger charge is 2.35. The summed E-state index contributed by atoms with van der Waals surface area (Å²) in [5.41, 5.74) is 0.790. The fourth-order valence-corrected chi connectivity index (χ4v) is 5.29. The van der Waals surface area contributed by atoms with E-state index in [1.165, 1.54) is 24.3 Å². The molecule has 1 amide bonds. The maximum Gasteiger partial charge on any atom is 0.263 e. The van der Waals surface area contributed by atoms with Gasteiger partial charge in [0.1, 0.15) is 11.6 Å². The van der Waals surface area contributed by atoms with Gasteiger partial charge in [0, 0.05) is 23.7 Å². The van der Waals surface area contributed by atoms with E-state index in [0.29, 0.717) is 29.8 Å². The zero-order chi connectivity index (χ0) is 21.9. The molecule has 0 saturated carbocycles. The fourth-order valence-electron chi connectivity index (χ4n) is 3.56. The molecule has 1 fully saturated rings. The number of likely N-dealkylation sites (N-methyl/N-ethyl adjacent to an activating group) is 1. The van der Waals surface area contributed by atoms with Crippen LogP contribution in [0.5, 0.6) is 5.75 Å². The number of hydrogen-bond acceptors (Lipinski definition) is 5. The molecule has 160 valence electrons. The number of ketones is 1. The Morgan fingerprint density at radius 1 is 1.10 bits per heavy atom. The van der Waals surface area contributed by atoms with E-state index in [1.54, 1.807) is 36.1 Å². The number of carbonyl (C=O) groups excluding carboxylic acids is 2. The molecule has 0 radical (unpaired) electrons. The lowest BCUT2D eigenvalue weighted by Gasteiger charge is -2.29. The summed E-state index contributed by atoms with van der Waals surface area (Å²) in [6.45, 7) is 3.83. The molecule has 0 aliphatic carbocycles. The average molecular weight is 434 g/mol. The van der Waals surface area contributed by atoms with Gasteiger partial charge in [0.25, 0.3) is 5.91 Å². The lowest BCUT2D eigenvalue weighted by atomic mass is 10.0. The van der Waals surface area contributed by atoms with E-state index in [1.807, 2.05) is 6.92 Å². The molecule has 0 aromatic heterocycles. The third-order valence-corrected chi connectivity index (χ3v) is 6.91. The van der Waals surface area contributed by atoms with Crippen LogP contribution in [-0.4, -0.2) is 55.2 Å². The van der Waals surface area contributed by atoms with Gasteiger partial charge in [0.2, 0.25) is 0 Å². The number of ether oxygens (including phenoxy) is 1. The minimum atomic E-state index is -3.09. The van der Waals surface area contributed by atoms with Gasteiger partial charge in [-0.25, -0.2) is 12.8 Å². The topological polar surface area (TPSA) is 80.8 Å². The number of halogens is 1. The van der Waals surface area contributed by atoms with Crippen LogP contribution in [0.1, 0.15) is 36.2 Å². The average Bonchev–Trinajstić information content (AvgIpc) is 3.08. The van der Waals surface area contributed by atoms with Crippen LogP contribution in [0.4, 0.5) is 4.39 Å². The quantitative estimate of drug-likeness (QED) is 0.628. The van der Waals surface area contributed by atoms with Gasteiger partial charge in [-0.15, -0.1) is 0 Å². The summed E-state index contributed by atoms with van der Waals surface area (Å²) in [4.78, 5) is 26.8. The van der Waals surface area contributed by atoms with Gasteiger partial charge in [-0.1, -0.05) is 0 Å². The molecule has 1 saturated heterocycles. The summed E-state index contributed by atoms with van der Waals surface area (Å²) in [5.74, 6) is -0.428. The molecule has 2 aromatic carbocycles. The maximum absolute atomic E-state index is 13.0. The molecule has 2 aromatic rings. The Bertz CT molecular complexity index is 1020. The van der Waals surface area contributed by atoms with Crippen LogP contribution >= 0.6 is 0 Å². The van der Waals surface area contributed by atoms with Crippen LogP contribution in [-0.2, 0) is 14.6 Å². The van der Waals surface area contributed by atoms with Gasteiger partial charge in [-0.3, -0.25) is 9.59 Å². The van der Waals surface area contributed by atoms with Crippen LogP contribution in [0, 0.1) is 5.82 Å². The Morgan fingerprint density at radius 3 is 2.17 bits per heavy atom. The first kappa shape index (κ1) is 22.0. The Hall–Kier alpha value is -2.74. The van der Waals surface area contributed by atoms with E-state index in [0.717, 1.165) is 0 Å². The lowest BCUT2D eigenvalue weighted by Crippen LogP contribution is -2.46. The second-order valence-corrected chi connectivity index (χ2v) is 9.53. The van der Waals surface area contributed by atoms with Gasteiger partial charge < -0.3 is 9.64 Å². The molecule has 8 heteroatoms. The SMILES string of the molecule is CCN(C(=O)C(C)Oc1ccc(C(=O)c2ccc(F)cc2)cc1)C1CCS(=O)(=O)C1. The van der Waals surface area contributed by atoms with Crippen LogP contribution in [0.15, 0.2) is 48.5 Å². The van der Waals surface area contributed by atoms with E-state index in [2.05, 4.69) is 0 Å². The van der Waals surface area contributed by atoms with E-state index >= 15 is 0 Å². The predicted molar refractivity (Wildman–Crippen MR) is 111 cm³/mol. The smallest absolute Gasteiger partial charge is 0.263 e. The van der Waals surface area contributed by atoms with E-state index in [4.69, 9.17) is 4.74 Å². The van der Waals surface area contributed by atoms with Crippen LogP contribution in [0.25, 0.3) is 0 Å². The Labute approximate surface area is 175 Å². The normalized spacial score (nSPS) is 18.6. The standard InChI is InChI=1S/C22H24FNO5S/c1-3-24(19-12-13-30(27,28)14-19)22(26)15(2)29-20-10-6-17(7-11-20)21(25)16-4-8-18(23)9-5-16/h4-11,15,19H,3,12-14H2,1-2H3. The summed E-state index contributed by atoms with van der Waals surface area (Å²) in [5, 5.41) is 0. The van der Waals surface area contributed by atoms with Crippen molar-refractivity contribution >= 4 is 21.5 Å². The lowest BCUT2D eigenvalue weighted by molar-refractivity contribution is -0.139. The van der Waals surface area contributed by atoms with Crippen molar-refractivity contribution in [2.75, 3.05) is 18.1 Å². The summed E-state index contributed by atoms with van der Waals surface area (Å²) in [6.07, 6.45) is -0.360. The highest BCUT2D eigenvalue weighted by atomic mass is 32.2. The summed E-state index contributed by atoms with van der Waals surface area (Å²) in [7, 11) is -3.09. The van der Waals surface area contributed by atoms with E-state index in [9.17, 15) is 22.4 Å². The Kier molecular flexibility index (Phi) is 6.55. The minimum absolute atomic E-state index is 0.0144. The second-order valence-electron chi connectivity index (χ2n) is 7.30. The molecule has 0 bridgehead atoms. The molecule has 1 heterocycles. The molecule has 1 aliphatic rings. The minimum Gasteiger partial charge on any atom is -0.481 e. The number of nitrogens with zero attached hydrogens (tertiary/aromatic N) is 1. The molecule has 6 nitrogen and oxygen atoms in total. The number of rotatable bonds is 7. The van der Waals surface area contributed by atoms with Crippen molar-refractivity contribution in [2.45, 2.75) is 32.4 Å². The van der Waals surface area contributed by atoms with Crippen LogP contribution < -0.4 is 4.74 Å². The molecule has 3 rings (SSSR count). The van der Waals surface area contributed by atoms with Crippen molar-refractivity contribution in [1.29, 1.82) is 0 Å². The zero-order valence-electron chi connectivity index (χ0n) is 16.9. The second kappa shape index (κ2) is 8.95. The van der Waals surface area contributed by atoms with Crippen molar-refractivity contribution < 1.29 is 27.1 Å². The van der Waals surface area contributed by atoms with Crippen molar-refractivity contribution in [3.8, 4) is 5.75 Å². The highest BCUT2D eigenvalue weighted by Crippen LogP contribution is 2.21. The van der Waals surface area contributed by atoms with Crippen molar-refractivity contribution in [1.82, 2.24) is 4.90 Å². The first-order chi connectivity index (χ1) is 14.2. The molecule has 1 aliphatic heterocycles. The number of benzene rings is 2. The number of amides is 1. The van der Waals surface area contributed by atoms with Crippen molar-refractivity contribution in [3.63, 3.8) is 0 Å². The largest absolute Gasteiger partial charge is 0.481 e. The van der Waals surface area contributed by atoms with Crippen molar-refractivity contribution in [3.05, 3.63) is 65.5 Å². The zero-order valence-corrected chi connectivity index (χ0v) is 17.7. The third-order valence-electron chi connectivity index (χ3n) is 5.16. The first-order valence-electron chi connectivity index (χ1n) is 9.78. The summed E-state index contributed by atoms with van der Waals surface area (Å²) in [6, 6.07) is 11.3. The van der Waals surface area contributed by atoms with E-state index in [-0.39, 0.29) is 29.2 Å². The predicted octanol–water partition coefficient (Wildman–Crippen LogP) is 2.86. The molecule has 2 unspecified atom stereocenters. The monoisotopic (exact) mass is 433 g/mol.